The molecule has 0 spiro atoms. The third kappa shape index (κ3) is 10.0. The van der Waals surface area contributed by atoms with Crippen LogP contribution in [0, 0.1) is 13.8 Å². The van der Waals surface area contributed by atoms with Crippen LogP contribution >= 0.6 is 0 Å². The minimum Gasteiger partial charge on any atom is -0.458 e. The van der Waals surface area contributed by atoms with Gasteiger partial charge in [0.1, 0.15) is 29.3 Å². The fraction of sp³-hybridized carbons (Fsp3) is 0.543. The highest BCUT2D eigenvalue weighted by Gasteiger charge is 2.44. The fourth-order valence-electron chi connectivity index (χ4n) is 5.32. The van der Waals surface area contributed by atoms with E-state index < -0.39 is 59.8 Å². The molecule has 0 aromatic heterocycles. The predicted molar refractivity (Wildman–Crippen MR) is 171 cm³/mol. The predicted octanol–water partition coefficient (Wildman–Crippen LogP) is 4.68. The van der Waals surface area contributed by atoms with Crippen LogP contribution < -0.4 is 10.6 Å². The minimum atomic E-state index is -1.36. The average Bonchev–Trinajstić information content (AvgIpc) is 2.89. The van der Waals surface area contributed by atoms with Crippen molar-refractivity contribution in [2.45, 2.75) is 116 Å². The first-order chi connectivity index (χ1) is 21.0. The molecule has 3 amide bonds. The smallest absolute Gasteiger partial charge is 0.408 e. The zero-order valence-corrected chi connectivity index (χ0v) is 27.8. The van der Waals surface area contributed by atoms with E-state index in [-0.39, 0.29) is 12.5 Å². The number of nitrogens with zero attached hydrogens (tertiary/aromatic N) is 1. The highest BCUT2D eigenvalue weighted by atomic mass is 16.6. The van der Waals surface area contributed by atoms with Gasteiger partial charge in [-0.05, 0) is 96.9 Å². The van der Waals surface area contributed by atoms with E-state index in [4.69, 9.17) is 9.47 Å². The molecule has 1 aliphatic carbocycles. The van der Waals surface area contributed by atoms with E-state index in [0.717, 1.165) is 23.1 Å². The Morgan fingerprint density at radius 2 is 1.42 bits per heavy atom. The summed E-state index contributed by atoms with van der Waals surface area (Å²) >= 11 is 0. The van der Waals surface area contributed by atoms with Crippen molar-refractivity contribution in [3.63, 3.8) is 0 Å². The Kier molecular flexibility index (Phi) is 11.8. The van der Waals surface area contributed by atoms with Crippen molar-refractivity contribution in [1.82, 2.24) is 15.5 Å². The van der Waals surface area contributed by atoms with Crippen LogP contribution in [-0.4, -0.2) is 69.8 Å². The van der Waals surface area contributed by atoms with Crippen molar-refractivity contribution in [2.24, 2.45) is 0 Å². The van der Waals surface area contributed by atoms with Gasteiger partial charge in [-0.3, -0.25) is 9.59 Å². The standard InChI is InChI=1S/C35H49N3O7/c1-22-14-12-15-23(2)28(22)29(30(40)36-26(32(42)44-34(3,4)5)20-24-16-10-9-11-17-24)38(25-18-13-19-25)31(41)27(21-39)37-33(43)45-35(6,7)8/h9-12,14-17,25-27,29,39H,13,18-21H2,1-8H3,(H,36,40)(H,37,43). The molecular formula is C35H49N3O7. The van der Waals surface area contributed by atoms with Gasteiger partial charge in [0, 0.05) is 12.5 Å². The highest BCUT2D eigenvalue weighted by molar-refractivity contribution is 5.94. The van der Waals surface area contributed by atoms with E-state index >= 15 is 0 Å². The van der Waals surface area contributed by atoms with E-state index in [2.05, 4.69) is 10.6 Å². The molecule has 1 fully saturated rings. The molecule has 3 unspecified atom stereocenters. The van der Waals surface area contributed by atoms with Crippen LogP contribution in [0.2, 0.25) is 0 Å². The number of nitrogens with one attached hydrogen (secondary N) is 2. The molecule has 1 aliphatic rings. The van der Waals surface area contributed by atoms with Crippen LogP contribution in [0.3, 0.4) is 0 Å². The van der Waals surface area contributed by atoms with Crippen molar-refractivity contribution in [1.29, 1.82) is 0 Å². The average molecular weight is 624 g/mol. The third-order valence-electron chi connectivity index (χ3n) is 7.53. The quantitative estimate of drug-likeness (QED) is 0.310. The molecule has 0 bridgehead atoms. The van der Waals surface area contributed by atoms with Gasteiger partial charge in [0.25, 0.3) is 0 Å². The summed E-state index contributed by atoms with van der Waals surface area (Å²) in [6.45, 7) is 13.4. The lowest BCUT2D eigenvalue weighted by molar-refractivity contribution is -0.159. The molecular weight excluding hydrogens is 574 g/mol. The molecule has 10 heteroatoms. The Bertz CT molecular complexity index is 1320. The summed E-state index contributed by atoms with van der Waals surface area (Å²) in [4.78, 5) is 56.4. The Morgan fingerprint density at radius 1 is 0.844 bits per heavy atom. The number of rotatable bonds is 11. The van der Waals surface area contributed by atoms with E-state index in [1.807, 2.05) is 62.4 Å². The molecule has 3 N–H and O–H groups in total. The molecule has 10 nitrogen and oxygen atoms in total. The lowest BCUT2D eigenvalue weighted by Gasteiger charge is -2.44. The molecule has 3 rings (SSSR count). The molecule has 2 aromatic rings. The summed E-state index contributed by atoms with van der Waals surface area (Å²) in [7, 11) is 0. The monoisotopic (exact) mass is 623 g/mol. The molecule has 0 aliphatic heterocycles. The van der Waals surface area contributed by atoms with Crippen molar-refractivity contribution >= 4 is 23.9 Å². The number of aliphatic hydroxyl groups excluding tert-OH is 1. The Morgan fingerprint density at radius 3 is 1.91 bits per heavy atom. The third-order valence-corrected chi connectivity index (χ3v) is 7.53. The number of hydrogen-bond acceptors (Lipinski definition) is 7. The normalized spacial score (nSPS) is 15.6. The van der Waals surface area contributed by atoms with Gasteiger partial charge in [-0.15, -0.1) is 0 Å². The number of aliphatic hydroxyl groups is 1. The first-order valence-corrected chi connectivity index (χ1v) is 15.6. The van der Waals surface area contributed by atoms with Crippen molar-refractivity contribution in [3.05, 3.63) is 70.8 Å². The SMILES string of the molecule is Cc1cccc(C)c1C(C(=O)NC(Cc1ccccc1)C(=O)OC(C)(C)C)N(C(=O)C(CO)NC(=O)OC(C)(C)C)C1CCC1. The lowest BCUT2D eigenvalue weighted by Crippen LogP contribution is -2.59. The number of ether oxygens (including phenoxy) is 2. The number of carbonyl (C=O) groups is 4. The van der Waals surface area contributed by atoms with Crippen molar-refractivity contribution < 1.29 is 33.8 Å². The number of hydrogen-bond donors (Lipinski definition) is 3. The molecule has 0 radical (unpaired) electrons. The molecule has 3 atom stereocenters. The molecule has 0 heterocycles. The summed E-state index contributed by atoms with van der Waals surface area (Å²) in [6.07, 6.45) is 1.46. The highest BCUT2D eigenvalue weighted by Crippen LogP contribution is 2.36. The van der Waals surface area contributed by atoms with Gasteiger partial charge in [-0.2, -0.15) is 0 Å². The van der Waals surface area contributed by atoms with Gasteiger partial charge in [0.15, 0.2) is 0 Å². The molecule has 0 saturated heterocycles. The Hall–Kier alpha value is -3.92. The topological polar surface area (TPSA) is 134 Å². The van der Waals surface area contributed by atoms with Crippen LogP contribution in [0.25, 0.3) is 0 Å². The van der Waals surface area contributed by atoms with Gasteiger partial charge in [-0.1, -0.05) is 48.5 Å². The van der Waals surface area contributed by atoms with Crippen LogP contribution in [0.5, 0.6) is 0 Å². The number of carbonyl (C=O) groups excluding carboxylic acids is 4. The Balaban J connectivity index is 2.07. The Labute approximate surface area is 266 Å². The molecule has 246 valence electrons. The van der Waals surface area contributed by atoms with E-state index in [0.29, 0.717) is 18.4 Å². The number of aryl methyl sites for hydroxylation is 2. The summed E-state index contributed by atoms with van der Waals surface area (Å²) in [5, 5.41) is 15.7. The number of benzene rings is 2. The second-order valence-electron chi connectivity index (χ2n) is 13.7. The maximum Gasteiger partial charge on any atom is 0.408 e. The summed E-state index contributed by atoms with van der Waals surface area (Å²) < 4.78 is 11.0. The van der Waals surface area contributed by atoms with Gasteiger partial charge in [-0.25, -0.2) is 9.59 Å². The summed E-state index contributed by atoms with van der Waals surface area (Å²) in [6, 6.07) is 11.0. The maximum absolute atomic E-state index is 14.5. The van der Waals surface area contributed by atoms with Crippen molar-refractivity contribution in [3.8, 4) is 0 Å². The largest absolute Gasteiger partial charge is 0.458 e. The van der Waals surface area contributed by atoms with E-state index in [1.54, 1.807) is 41.5 Å². The lowest BCUT2D eigenvalue weighted by atomic mass is 9.86. The van der Waals surface area contributed by atoms with Crippen molar-refractivity contribution in [2.75, 3.05) is 6.61 Å². The zero-order valence-electron chi connectivity index (χ0n) is 27.8. The fourth-order valence-corrected chi connectivity index (χ4v) is 5.32. The van der Waals surface area contributed by atoms with Gasteiger partial charge >= 0.3 is 12.1 Å². The minimum absolute atomic E-state index is 0.178. The second kappa shape index (κ2) is 14.9. The molecule has 2 aromatic carbocycles. The summed E-state index contributed by atoms with van der Waals surface area (Å²) in [5.74, 6) is -1.78. The number of alkyl carbamates (subject to hydrolysis) is 1. The number of esters is 1. The number of amides is 3. The molecule has 1 saturated carbocycles. The van der Waals surface area contributed by atoms with Gasteiger partial charge < -0.3 is 30.1 Å². The molecule has 45 heavy (non-hydrogen) atoms. The maximum atomic E-state index is 14.5. The first-order valence-electron chi connectivity index (χ1n) is 15.6. The first kappa shape index (κ1) is 35.6. The summed E-state index contributed by atoms with van der Waals surface area (Å²) in [5.41, 5.74) is 1.39. The second-order valence-corrected chi connectivity index (χ2v) is 13.7. The van der Waals surface area contributed by atoms with Crippen LogP contribution in [0.1, 0.15) is 89.1 Å². The zero-order chi connectivity index (χ0) is 33.5. The van der Waals surface area contributed by atoms with Gasteiger partial charge in [0.2, 0.25) is 11.8 Å². The van der Waals surface area contributed by atoms with Crippen LogP contribution in [-0.2, 0) is 30.3 Å². The van der Waals surface area contributed by atoms with E-state index in [1.165, 1.54) is 4.90 Å². The van der Waals surface area contributed by atoms with Crippen LogP contribution in [0.4, 0.5) is 4.79 Å². The van der Waals surface area contributed by atoms with Crippen LogP contribution in [0.15, 0.2) is 48.5 Å². The van der Waals surface area contributed by atoms with Gasteiger partial charge in [0.05, 0.1) is 6.61 Å². The van der Waals surface area contributed by atoms with E-state index in [9.17, 15) is 24.3 Å².